The fourth-order valence-corrected chi connectivity index (χ4v) is 4.44. The molecule has 178 valence electrons. The molecule has 1 aromatic heterocycles. The van der Waals surface area contributed by atoms with Gasteiger partial charge >= 0.3 is 0 Å². The molecule has 0 aliphatic carbocycles. The maximum atomic E-state index is 12.6. The van der Waals surface area contributed by atoms with Gasteiger partial charge in [0.05, 0.1) is 29.2 Å². The predicted molar refractivity (Wildman–Crippen MR) is 133 cm³/mol. The number of hydrogen-bond donors (Lipinski definition) is 1. The van der Waals surface area contributed by atoms with E-state index in [2.05, 4.69) is 15.5 Å². The maximum Gasteiger partial charge on any atom is 0.269 e. The third-order valence-electron chi connectivity index (χ3n) is 5.05. The van der Waals surface area contributed by atoms with E-state index in [1.54, 1.807) is 48.1 Å². The lowest BCUT2D eigenvalue weighted by Gasteiger charge is -2.11. The minimum absolute atomic E-state index is 0.0269. The number of halogens is 1. The number of thioether (sulfide) groups is 1. The zero-order chi connectivity index (χ0) is 24.8. The number of nitro benzene ring substituents is 1. The van der Waals surface area contributed by atoms with Gasteiger partial charge in [0, 0.05) is 23.6 Å². The molecule has 0 saturated heterocycles. The van der Waals surface area contributed by atoms with Crippen LogP contribution in [0.3, 0.4) is 0 Å². The van der Waals surface area contributed by atoms with E-state index in [1.807, 2.05) is 24.3 Å². The first-order chi connectivity index (χ1) is 17.0. The highest BCUT2D eigenvalue weighted by Gasteiger charge is 2.18. The van der Waals surface area contributed by atoms with Gasteiger partial charge in [-0.1, -0.05) is 47.6 Å². The molecule has 0 fully saturated rings. The largest absolute Gasteiger partial charge is 0.497 e. The molecule has 0 aliphatic rings. The summed E-state index contributed by atoms with van der Waals surface area (Å²) in [6.45, 7) is 0.0771. The predicted octanol–water partition coefficient (Wildman–Crippen LogP) is 5.06. The van der Waals surface area contributed by atoms with Crippen molar-refractivity contribution in [2.45, 2.75) is 17.5 Å². The first kappa shape index (κ1) is 24.2. The van der Waals surface area contributed by atoms with Gasteiger partial charge in [0.2, 0.25) is 0 Å². The smallest absolute Gasteiger partial charge is 0.269 e. The fraction of sp³-hybridized carbons (Fsp3) is 0.125. The Hall–Kier alpha value is -3.89. The Morgan fingerprint density at radius 2 is 1.89 bits per heavy atom. The summed E-state index contributed by atoms with van der Waals surface area (Å²) < 4.78 is 7.05. The third kappa shape index (κ3) is 5.79. The maximum absolute atomic E-state index is 12.6. The zero-order valence-corrected chi connectivity index (χ0v) is 20.1. The van der Waals surface area contributed by atoms with Crippen molar-refractivity contribution in [1.29, 1.82) is 0 Å². The average Bonchev–Trinajstić information content (AvgIpc) is 3.29. The number of amides is 1. The summed E-state index contributed by atoms with van der Waals surface area (Å²) in [7, 11) is 1.61. The van der Waals surface area contributed by atoms with Crippen LogP contribution in [0, 0.1) is 10.1 Å². The van der Waals surface area contributed by atoms with Crippen LogP contribution in [0.2, 0.25) is 5.02 Å². The standard InChI is InChI=1S/C24H20ClN5O4S/c1-34-19-6-4-5-16(13-19)15-35-24-28-27-22(14-26-23(31)20-7-2-3-8-21(20)25)29(24)17-9-11-18(12-10-17)30(32)33/h2-13H,14-15H2,1H3,(H,26,31). The number of carbonyl (C=O) groups excluding carboxylic acids is 1. The topological polar surface area (TPSA) is 112 Å². The van der Waals surface area contributed by atoms with E-state index < -0.39 is 4.92 Å². The van der Waals surface area contributed by atoms with Crippen molar-refractivity contribution in [2.24, 2.45) is 0 Å². The van der Waals surface area contributed by atoms with E-state index >= 15 is 0 Å². The number of nitrogens with one attached hydrogen (secondary N) is 1. The number of rotatable bonds is 9. The van der Waals surface area contributed by atoms with Crippen molar-refractivity contribution < 1.29 is 14.5 Å². The van der Waals surface area contributed by atoms with Gasteiger partial charge in [-0.2, -0.15) is 0 Å². The summed E-state index contributed by atoms with van der Waals surface area (Å²) in [6, 6.07) is 20.5. The summed E-state index contributed by atoms with van der Waals surface area (Å²) in [4.78, 5) is 23.3. The Kier molecular flexibility index (Phi) is 7.64. The third-order valence-corrected chi connectivity index (χ3v) is 6.38. The van der Waals surface area contributed by atoms with Crippen LogP contribution >= 0.6 is 23.4 Å². The summed E-state index contributed by atoms with van der Waals surface area (Å²) in [5.74, 6) is 1.46. The van der Waals surface area contributed by atoms with Crippen LogP contribution in [0.25, 0.3) is 5.69 Å². The lowest BCUT2D eigenvalue weighted by Crippen LogP contribution is -2.25. The van der Waals surface area contributed by atoms with Gasteiger partial charge < -0.3 is 10.1 Å². The van der Waals surface area contributed by atoms with Crippen molar-refractivity contribution in [1.82, 2.24) is 20.1 Å². The van der Waals surface area contributed by atoms with Gasteiger partial charge in [0.25, 0.3) is 11.6 Å². The molecule has 1 amide bonds. The number of benzene rings is 3. The summed E-state index contributed by atoms with van der Waals surface area (Å²) in [5, 5.41) is 23.4. The van der Waals surface area contributed by atoms with E-state index in [0.29, 0.717) is 33.0 Å². The molecule has 4 aromatic rings. The molecule has 0 bridgehead atoms. The van der Waals surface area contributed by atoms with Crippen LogP contribution in [0.4, 0.5) is 5.69 Å². The minimum Gasteiger partial charge on any atom is -0.497 e. The molecule has 0 radical (unpaired) electrons. The SMILES string of the molecule is COc1cccc(CSc2nnc(CNC(=O)c3ccccc3Cl)n2-c2ccc([N+](=O)[O-])cc2)c1. The molecule has 11 heteroatoms. The molecule has 3 aromatic carbocycles. The molecule has 0 spiro atoms. The molecule has 0 aliphatic heterocycles. The fourth-order valence-electron chi connectivity index (χ4n) is 3.30. The van der Waals surface area contributed by atoms with Crippen LogP contribution in [0.15, 0.2) is 78.0 Å². The second-order valence-corrected chi connectivity index (χ2v) is 8.66. The second kappa shape index (κ2) is 11.0. The van der Waals surface area contributed by atoms with Crippen LogP contribution in [-0.4, -0.2) is 32.7 Å². The summed E-state index contributed by atoms with van der Waals surface area (Å²) >= 11 is 7.58. The number of non-ortho nitro benzene ring substituents is 1. The van der Waals surface area contributed by atoms with E-state index in [-0.39, 0.29) is 18.1 Å². The molecule has 9 nitrogen and oxygen atoms in total. The molecule has 0 unspecified atom stereocenters. The van der Waals surface area contributed by atoms with Crippen LogP contribution in [-0.2, 0) is 12.3 Å². The molecule has 0 atom stereocenters. The molecule has 1 N–H and O–H groups in total. The highest BCUT2D eigenvalue weighted by molar-refractivity contribution is 7.98. The summed E-state index contributed by atoms with van der Waals surface area (Å²) in [6.07, 6.45) is 0. The Bertz CT molecular complexity index is 1360. The molecule has 1 heterocycles. The van der Waals surface area contributed by atoms with E-state index in [0.717, 1.165) is 11.3 Å². The molecule has 35 heavy (non-hydrogen) atoms. The van der Waals surface area contributed by atoms with Gasteiger partial charge in [-0.3, -0.25) is 19.5 Å². The lowest BCUT2D eigenvalue weighted by molar-refractivity contribution is -0.384. The van der Waals surface area contributed by atoms with Crippen molar-refractivity contribution in [3.8, 4) is 11.4 Å². The Labute approximate surface area is 210 Å². The number of ether oxygens (including phenoxy) is 1. The monoisotopic (exact) mass is 509 g/mol. The van der Waals surface area contributed by atoms with Crippen LogP contribution in [0.1, 0.15) is 21.7 Å². The van der Waals surface area contributed by atoms with E-state index in [9.17, 15) is 14.9 Å². The van der Waals surface area contributed by atoms with Crippen molar-refractivity contribution in [3.63, 3.8) is 0 Å². The van der Waals surface area contributed by atoms with Gasteiger partial charge in [-0.05, 0) is 42.0 Å². The second-order valence-electron chi connectivity index (χ2n) is 7.31. The zero-order valence-electron chi connectivity index (χ0n) is 18.6. The van der Waals surface area contributed by atoms with Gasteiger partial charge in [0.15, 0.2) is 11.0 Å². The van der Waals surface area contributed by atoms with Gasteiger partial charge in [0.1, 0.15) is 5.75 Å². The number of aromatic nitrogens is 3. The Morgan fingerprint density at radius 3 is 2.60 bits per heavy atom. The highest BCUT2D eigenvalue weighted by Crippen LogP contribution is 2.27. The lowest BCUT2D eigenvalue weighted by atomic mass is 10.2. The minimum atomic E-state index is -0.459. The first-order valence-electron chi connectivity index (χ1n) is 10.4. The normalized spacial score (nSPS) is 10.7. The molecule has 0 saturated carbocycles. The number of nitro groups is 1. The first-order valence-corrected chi connectivity index (χ1v) is 11.8. The van der Waals surface area contributed by atoms with Crippen LogP contribution < -0.4 is 10.1 Å². The molecular formula is C24H20ClN5O4S. The number of hydrogen-bond acceptors (Lipinski definition) is 7. The van der Waals surface area contributed by atoms with Crippen LogP contribution in [0.5, 0.6) is 5.75 Å². The van der Waals surface area contributed by atoms with Crippen molar-refractivity contribution in [2.75, 3.05) is 7.11 Å². The van der Waals surface area contributed by atoms with Gasteiger partial charge in [-0.15, -0.1) is 10.2 Å². The number of nitrogens with zero attached hydrogens (tertiary/aromatic N) is 4. The highest BCUT2D eigenvalue weighted by atomic mass is 35.5. The quantitative estimate of drug-likeness (QED) is 0.190. The summed E-state index contributed by atoms with van der Waals surface area (Å²) in [5.41, 5.74) is 1.99. The van der Waals surface area contributed by atoms with Crippen molar-refractivity contribution >= 4 is 35.0 Å². The molecule has 4 rings (SSSR count). The molecular weight excluding hydrogens is 490 g/mol. The number of carbonyl (C=O) groups is 1. The van der Waals surface area contributed by atoms with E-state index in [4.69, 9.17) is 16.3 Å². The number of methoxy groups -OCH3 is 1. The Balaban J connectivity index is 1.60. The Morgan fingerprint density at radius 1 is 1.11 bits per heavy atom. The van der Waals surface area contributed by atoms with E-state index in [1.165, 1.54) is 23.9 Å². The van der Waals surface area contributed by atoms with Gasteiger partial charge in [-0.25, -0.2) is 0 Å². The van der Waals surface area contributed by atoms with Crippen molar-refractivity contribution in [3.05, 3.63) is 105 Å². The average molecular weight is 510 g/mol.